The molecule has 0 aliphatic carbocycles. The second kappa shape index (κ2) is 5.29. The molecule has 1 atom stereocenters. The molecule has 1 aliphatic heterocycles. The number of benzene rings is 2. The molecule has 0 radical (unpaired) electrons. The molecule has 0 saturated carbocycles. The lowest BCUT2D eigenvalue weighted by Gasteiger charge is -2.33. The van der Waals surface area contributed by atoms with Crippen LogP contribution in [0.1, 0.15) is 12.5 Å². The number of ether oxygens (including phenoxy) is 1. The van der Waals surface area contributed by atoms with E-state index in [1.54, 1.807) is 11.8 Å². The zero-order chi connectivity index (χ0) is 14.1. The number of rotatable bonds is 2. The van der Waals surface area contributed by atoms with Gasteiger partial charge in [-0.25, -0.2) is 0 Å². The van der Waals surface area contributed by atoms with Crippen molar-refractivity contribution in [1.29, 1.82) is 0 Å². The molecule has 0 N–H and O–H groups in total. The van der Waals surface area contributed by atoms with Crippen molar-refractivity contribution in [1.82, 2.24) is 0 Å². The van der Waals surface area contributed by atoms with Gasteiger partial charge in [0.25, 0.3) is 5.91 Å². The molecule has 0 fully saturated rings. The standard InChI is InChI=1S/C16H14BrNO2/c1-11-16(19)18(10-12-6-8-13(17)9-7-12)14-4-2-3-5-15(14)20-11/h2-9,11H,10H2,1H3. The highest BCUT2D eigenvalue weighted by Crippen LogP contribution is 2.34. The van der Waals surface area contributed by atoms with E-state index in [4.69, 9.17) is 4.74 Å². The lowest BCUT2D eigenvalue weighted by atomic mass is 10.1. The van der Waals surface area contributed by atoms with E-state index in [1.807, 2.05) is 48.5 Å². The highest BCUT2D eigenvalue weighted by Gasteiger charge is 2.31. The first-order chi connectivity index (χ1) is 9.65. The lowest BCUT2D eigenvalue weighted by molar-refractivity contribution is -0.125. The molecule has 20 heavy (non-hydrogen) atoms. The Hall–Kier alpha value is -1.81. The van der Waals surface area contributed by atoms with Crippen LogP contribution in [-0.2, 0) is 11.3 Å². The third-order valence-electron chi connectivity index (χ3n) is 3.33. The molecular weight excluding hydrogens is 318 g/mol. The largest absolute Gasteiger partial charge is 0.479 e. The van der Waals surface area contributed by atoms with Crippen LogP contribution in [0.2, 0.25) is 0 Å². The van der Waals surface area contributed by atoms with Crippen molar-refractivity contribution in [3.05, 3.63) is 58.6 Å². The molecule has 2 aromatic rings. The first-order valence-corrected chi connectivity index (χ1v) is 7.26. The number of hydrogen-bond acceptors (Lipinski definition) is 2. The maximum absolute atomic E-state index is 12.4. The van der Waals surface area contributed by atoms with Crippen LogP contribution >= 0.6 is 15.9 Å². The maximum atomic E-state index is 12.4. The van der Waals surface area contributed by atoms with E-state index in [9.17, 15) is 4.79 Å². The molecule has 4 heteroatoms. The maximum Gasteiger partial charge on any atom is 0.268 e. The summed E-state index contributed by atoms with van der Waals surface area (Å²) >= 11 is 3.42. The van der Waals surface area contributed by atoms with Gasteiger partial charge in [-0.3, -0.25) is 4.79 Å². The van der Waals surface area contributed by atoms with Gasteiger partial charge in [0.2, 0.25) is 0 Å². The first kappa shape index (κ1) is 13.2. The van der Waals surface area contributed by atoms with E-state index in [-0.39, 0.29) is 5.91 Å². The van der Waals surface area contributed by atoms with Crippen LogP contribution in [-0.4, -0.2) is 12.0 Å². The zero-order valence-electron chi connectivity index (χ0n) is 11.0. The third-order valence-corrected chi connectivity index (χ3v) is 3.86. The topological polar surface area (TPSA) is 29.5 Å². The van der Waals surface area contributed by atoms with Gasteiger partial charge in [0.05, 0.1) is 12.2 Å². The second-order valence-electron chi connectivity index (χ2n) is 4.78. The summed E-state index contributed by atoms with van der Waals surface area (Å²) in [5.74, 6) is 0.753. The molecular formula is C16H14BrNO2. The summed E-state index contributed by atoms with van der Waals surface area (Å²) in [6, 6.07) is 15.6. The van der Waals surface area contributed by atoms with Crippen LogP contribution in [0.4, 0.5) is 5.69 Å². The average Bonchev–Trinajstić information content (AvgIpc) is 2.46. The number of carbonyl (C=O) groups excluding carboxylic acids is 1. The van der Waals surface area contributed by atoms with Crippen molar-refractivity contribution in [2.75, 3.05) is 4.90 Å². The van der Waals surface area contributed by atoms with Crippen molar-refractivity contribution in [2.24, 2.45) is 0 Å². The van der Waals surface area contributed by atoms with Gasteiger partial charge in [-0.15, -0.1) is 0 Å². The van der Waals surface area contributed by atoms with Crippen molar-refractivity contribution in [3.8, 4) is 5.75 Å². The van der Waals surface area contributed by atoms with Crippen molar-refractivity contribution < 1.29 is 9.53 Å². The predicted molar refractivity (Wildman–Crippen MR) is 81.9 cm³/mol. The number of anilines is 1. The SMILES string of the molecule is CC1Oc2ccccc2N(Cc2ccc(Br)cc2)C1=O. The predicted octanol–water partition coefficient (Wildman–Crippen LogP) is 3.76. The minimum Gasteiger partial charge on any atom is -0.479 e. The Balaban J connectivity index is 1.95. The number of para-hydroxylation sites is 2. The molecule has 102 valence electrons. The van der Waals surface area contributed by atoms with Crippen LogP contribution < -0.4 is 9.64 Å². The Morgan fingerprint density at radius 1 is 1.15 bits per heavy atom. The number of nitrogens with zero attached hydrogens (tertiary/aromatic N) is 1. The summed E-state index contributed by atoms with van der Waals surface area (Å²) < 4.78 is 6.66. The molecule has 2 aromatic carbocycles. The number of hydrogen-bond donors (Lipinski definition) is 0. The molecule has 0 aromatic heterocycles. The normalized spacial score (nSPS) is 17.6. The Morgan fingerprint density at radius 2 is 1.85 bits per heavy atom. The summed E-state index contributed by atoms with van der Waals surface area (Å²) in [7, 11) is 0. The Bertz CT molecular complexity index is 639. The van der Waals surface area contributed by atoms with Gasteiger partial charge < -0.3 is 9.64 Å². The van der Waals surface area contributed by atoms with Gasteiger partial charge in [-0.1, -0.05) is 40.2 Å². The molecule has 3 nitrogen and oxygen atoms in total. The summed E-state index contributed by atoms with van der Waals surface area (Å²) in [6.07, 6.45) is -0.444. The summed E-state index contributed by atoms with van der Waals surface area (Å²) in [6.45, 7) is 2.34. The van der Waals surface area contributed by atoms with E-state index >= 15 is 0 Å². The highest BCUT2D eigenvalue weighted by atomic mass is 79.9. The summed E-state index contributed by atoms with van der Waals surface area (Å²) in [5, 5.41) is 0. The second-order valence-corrected chi connectivity index (χ2v) is 5.69. The van der Waals surface area contributed by atoms with Gasteiger partial charge in [0, 0.05) is 4.47 Å². The van der Waals surface area contributed by atoms with Gasteiger partial charge in [-0.05, 0) is 36.8 Å². The van der Waals surface area contributed by atoms with Gasteiger partial charge in [0.15, 0.2) is 6.10 Å². The van der Waals surface area contributed by atoms with E-state index in [0.717, 1.165) is 21.5 Å². The molecule has 1 heterocycles. The minimum atomic E-state index is -0.444. The van der Waals surface area contributed by atoms with E-state index < -0.39 is 6.10 Å². The van der Waals surface area contributed by atoms with Crippen molar-refractivity contribution >= 4 is 27.5 Å². The molecule has 3 rings (SSSR count). The Kier molecular flexibility index (Phi) is 3.49. The van der Waals surface area contributed by atoms with Gasteiger partial charge in [0.1, 0.15) is 5.75 Å². The van der Waals surface area contributed by atoms with Crippen LogP contribution in [0.5, 0.6) is 5.75 Å². The quantitative estimate of drug-likeness (QED) is 0.838. The van der Waals surface area contributed by atoms with Crippen LogP contribution in [0.15, 0.2) is 53.0 Å². The average molecular weight is 332 g/mol. The van der Waals surface area contributed by atoms with Crippen LogP contribution in [0, 0.1) is 0 Å². The molecule has 1 unspecified atom stereocenters. The Morgan fingerprint density at radius 3 is 2.60 bits per heavy atom. The first-order valence-electron chi connectivity index (χ1n) is 6.46. The van der Waals surface area contributed by atoms with Crippen LogP contribution in [0.3, 0.4) is 0 Å². The fourth-order valence-electron chi connectivity index (χ4n) is 2.29. The molecule has 1 aliphatic rings. The smallest absolute Gasteiger partial charge is 0.268 e. The fourth-order valence-corrected chi connectivity index (χ4v) is 2.56. The van der Waals surface area contributed by atoms with Crippen molar-refractivity contribution in [3.63, 3.8) is 0 Å². The van der Waals surface area contributed by atoms with Crippen LogP contribution in [0.25, 0.3) is 0 Å². The van der Waals surface area contributed by atoms with Gasteiger partial charge >= 0.3 is 0 Å². The lowest BCUT2D eigenvalue weighted by Crippen LogP contribution is -2.43. The molecule has 0 saturated heterocycles. The molecule has 0 spiro atoms. The molecule has 0 bridgehead atoms. The number of carbonyl (C=O) groups is 1. The van der Waals surface area contributed by atoms with Crippen molar-refractivity contribution in [2.45, 2.75) is 19.6 Å². The highest BCUT2D eigenvalue weighted by molar-refractivity contribution is 9.10. The van der Waals surface area contributed by atoms with E-state index in [0.29, 0.717) is 6.54 Å². The monoisotopic (exact) mass is 331 g/mol. The number of fused-ring (bicyclic) bond motifs is 1. The van der Waals surface area contributed by atoms with E-state index in [2.05, 4.69) is 15.9 Å². The minimum absolute atomic E-state index is 0.00776. The summed E-state index contributed by atoms with van der Waals surface area (Å²) in [5.41, 5.74) is 1.92. The molecule has 1 amide bonds. The number of amides is 1. The zero-order valence-corrected chi connectivity index (χ0v) is 12.6. The third kappa shape index (κ3) is 2.43. The van der Waals surface area contributed by atoms with E-state index in [1.165, 1.54) is 0 Å². The van der Waals surface area contributed by atoms with Gasteiger partial charge in [-0.2, -0.15) is 0 Å². The fraction of sp³-hybridized carbons (Fsp3) is 0.188. The number of halogens is 1. The summed E-state index contributed by atoms with van der Waals surface area (Å²) in [4.78, 5) is 14.1. The Labute approximate surface area is 126 Å².